The molecule has 126 valence electrons. The quantitative estimate of drug-likeness (QED) is 0.422. The minimum Gasteiger partial charge on any atom is -0.352 e. The summed E-state index contributed by atoms with van der Waals surface area (Å²) >= 11 is 1.58. The van der Waals surface area contributed by atoms with Crippen LogP contribution in [0.15, 0.2) is 87.5 Å². The second kappa shape index (κ2) is 6.11. The van der Waals surface area contributed by atoms with E-state index in [1.807, 2.05) is 30.3 Å². The number of sulfonamides is 1. The summed E-state index contributed by atoms with van der Waals surface area (Å²) in [7, 11) is -3.84. The van der Waals surface area contributed by atoms with E-state index in [0.29, 0.717) is 11.4 Å². The summed E-state index contributed by atoms with van der Waals surface area (Å²) in [4.78, 5) is 2.16. The Kier molecular flexibility index (Phi) is 3.91. The van der Waals surface area contributed by atoms with Gasteiger partial charge in [-0.2, -0.15) is 12.8 Å². The molecule has 1 aliphatic rings. The van der Waals surface area contributed by atoms with Gasteiger partial charge in [-0.25, -0.2) is 5.84 Å². The highest BCUT2D eigenvalue weighted by Crippen LogP contribution is 2.47. The van der Waals surface area contributed by atoms with E-state index in [2.05, 4.69) is 5.32 Å². The first-order valence-electron chi connectivity index (χ1n) is 7.59. The van der Waals surface area contributed by atoms with E-state index in [9.17, 15) is 8.42 Å². The van der Waals surface area contributed by atoms with Crippen molar-refractivity contribution in [2.75, 3.05) is 9.73 Å². The molecule has 1 aliphatic heterocycles. The molecule has 3 aromatic carbocycles. The Morgan fingerprint density at radius 1 is 0.840 bits per heavy atom. The number of benzene rings is 3. The lowest BCUT2D eigenvalue weighted by Crippen LogP contribution is -2.38. The molecule has 0 spiro atoms. The average molecular weight is 369 g/mol. The number of para-hydroxylation sites is 2. The monoisotopic (exact) mass is 369 g/mol. The summed E-state index contributed by atoms with van der Waals surface area (Å²) < 4.78 is 26.5. The fourth-order valence-corrected chi connectivity index (χ4v) is 4.82. The van der Waals surface area contributed by atoms with Gasteiger partial charge in [0.05, 0.1) is 22.0 Å². The molecule has 0 unspecified atom stereocenters. The third kappa shape index (κ3) is 2.76. The van der Waals surface area contributed by atoms with Crippen LogP contribution < -0.4 is 15.6 Å². The van der Waals surface area contributed by atoms with Crippen LogP contribution >= 0.6 is 11.8 Å². The molecule has 0 aliphatic carbocycles. The number of hydrogen-bond donors (Lipinski definition) is 2. The molecular weight excluding hydrogens is 354 g/mol. The molecule has 1 heterocycles. The number of nitrogens with two attached hydrogens (primary N) is 1. The van der Waals surface area contributed by atoms with E-state index in [0.717, 1.165) is 19.9 Å². The highest BCUT2D eigenvalue weighted by atomic mass is 32.2. The summed E-state index contributed by atoms with van der Waals surface area (Å²) in [5.41, 5.74) is 2.02. The van der Waals surface area contributed by atoms with Crippen molar-refractivity contribution in [3.05, 3.63) is 72.8 Å². The lowest BCUT2D eigenvalue weighted by atomic mass is 10.2. The van der Waals surface area contributed by atoms with Crippen molar-refractivity contribution in [2.45, 2.75) is 14.7 Å². The molecule has 0 fully saturated rings. The summed E-state index contributed by atoms with van der Waals surface area (Å²) in [6.45, 7) is 0. The molecule has 0 amide bonds. The maximum Gasteiger partial charge on any atom is 0.277 e. The topological polar surface area (TPSA) is 75.4 Å². The van der Waals surface area contributed by atoms with E-state index in [4.69, 9.17) is 5.84 Å². The van der Waals surface area contributed by atoms with E-state index >= 15 is 0 Å². The van der Waals surface area contributed by atoms with Gasteiger partial charge in [0.25, 0.3) is 10.0 Å². The minimum atomic E-state index is -3.84. The van der Waals surface area contributed by atoms with Crippen molar-refractivity contribution in [1.29, 1.82) is 0 Å². The van der Waals surface area contributed by atoms with Crippen molar-refractivity contribution >= 4 is 38.8 Å². The number of hydrazine groups is 1. The van der Waals surface area contributed by atoms with Crippen molar-refractivity contribution in [1.82, 2.24) is 0 Å². The zero-order chi connectivity index (χ0) is 17.4. The Hall–Kier alpha value is -2.48. The molecule has 0 radical (unpaired) electrons. The van der Waals surface area contributed by atoms with Crippen LogP contribution in [0.5, 0.6) is 0 Å². The highest BCUT2D eigenvalue weighted by Gasteiger charge is 2.27. The fourth-order valence-electron chi connectivity index (χ4n) is 2.66. The number of hydrogen-bond acceptors (Lipinski definition) is 5. The van der Waals surface area contributed by atoms with Crippen LogP contribution in [-0.4, -0.2) is 8.42 Å². The molecule has 3 aromatic rings. The maximum atomic E-state index is 12.8. The Labute approximate surface area is 150 Å². The van der Waals surface area contributed by atoms with Crippen LogP contribution in [-0.2, 0) is 10.0 Å². The van der Waals surface area contributed by atoms with Gasteiger partial charge in [-0.15, -0.1) is 0 Å². The normalized spacial score (nSPS) is 12.7. The number of nitrogens with zero attached hydrogens (tertiary/aromatic N) is 1. The lowest BCUT2D eigenvalue weighted by molar-refractivity contribution is 0.592. The Balaban J connectivity index is 1.78. The Morgan fingerprint density at radius 2 is 1.52 bits per heavy atom. The fraction of sp³-hybridized carbons (Fsp3) is 0. The van der Waals surface area contributed by atoms with Gasteiger partial charge in [0, 0.05) is 9.79 Å². The molecule has 4 rings (SSSR count). The molecule has 25 heavy (non-hydrogen) atoms. The lowest BCUT2D eigenvalue weighted by Gasteiger charge is -2.27. The first-order chi connectivity index (χ1) is 12.1. The molecule has 0 bridgehead atoms. The molecular formula is C18H15N3O2S2. The number of fused-ring (bicyclic) bond motifs is 2. The van der Waals surface area contributed by atoms with Gasteiger partial charge < -0.3 is 5.32 Å². The minimum absolute atomic E-state index is 0.152. The zero-order valence-electron chi connectivity index (χ0n) is 13.1. The largest absolute Gasteiger partial charge is 0.352 e. The molecule has 7 heteroatoms. The second-order valence-electron chi connectivity index (χ2n) is 5.49. The van der Waals surface area contributed by atoms with Crippen LogP contribution in [0.1, 0.15) is 0 Å². The number of nitrogens with one attached hydrogen (secondary N) is 1. The van der Waals surface area contributed by atoms with Gasteiger partial charge >= 0.3 is 0 Å². The SMILES string of the molecule is NN(c1cccc2c1Nc1ccccc1S2)S(=O)(=O)c1ccccc1. The van der Waals surface area contributed by atoms with Crippen molar-refractivity contribution in [3.63, 3.8) is 0 Å². The maximum absolute atomic E-state index is 12.8. The first kappa shape index (κ1) is 16.0. The van der Waals surface area contributed by atoms with Crippen LogP contribution in [0.4, 0.5) is 17.1 Å². The summed E-state index contributed by atoms with van der Waals surface area (Å²) in [6, 6.07) is 21.5. The second-order valence-corrected chi connectivity index (χ2v) is 8.39. The predicted molar refractivity (Wildman–Crippen MR) is 101 cm³/mol. The van der Waals surface area contributed by atoms with Crippen molar-refractivity contribution in [2.24, 2.45) is 5.84 Å². The highest BCUT2D eigenvalue weighted by molar-refractivity contribution is 7.99. The molecule has 0 aromatic heterocycles. The third-order valence-electron chi connectivity index (χ3n) is 3.91. The standard InChI is InChI=1S/C18H15N3O2S2/c19-21(25(22,23)13-7-2-1-3-8-13)15-10-6-12-17-18(15)20-14-9-4-5-11-16(14)24-17/h1-12,20H,19H2. The van der Waals surface area contributed by atoms with Gasteiger partial charge in [0.15, 0.2) is 0 Å². The first-order valence-corrected chi connectivity index (χ1v) is 9.85. The smallest absolute Gasteiger partial charge is 0.277 e. The predicted octanol–water partition coefficient (Wildman–Crippen LogP) is 3.96. The number of rotatable bonds is 3. The van der Waals surface area contributed by atoms with Crippen molar-refractivity contribution < 1.29 is 8.42 Å². The van der Waals surface area contributed by atoms with E-state index < -0.39 is 10.0 Å². The van der Waals surface area contributed by atoms with E-state index in [1.54, 1.807) is 42.1 Å². The molecule has 0 saturated heterocycles. The van der Waals surface area contributed by atoms with E-state index in [1.165, 1.54) is 12.1 Å². The molecule has 0 atom stereocenters. The Morgan fingerprint density at radius 3 is 2.32 bits per heavy atom. The van der Waals surface area contributed by atoms with Crippen LogP contribution in [0, 0.1) is 0 Å². The van der Waals surface area contributed by atoms with Gasteiger partial charge in [0.1, 0.15) is 0 Å². The third-order valence-corrected chi connectivity index (χ3v) is 6.63. The molecule has 5 nitrogen and oxygen atoms in total. The number of anilines is 3. The summed E-state index contributed by atoms with van der Waals surface area (Å²) in [6.07, 6.45) is 0. The molecule has 3 N–H and O–H groups in total. The van der Waals surface area contributed by atoms with Crippen LogP contribution in [0.3, 0.4) is 0 Å². The average Bonchev–Trinajstić information content (AvgIpc) is 2.66. The van der Waals surface area contributed by atoms with Gasteiger partial charge in [0.2, 0.25) is 0 Å². The van der Waals surface area contributed by atoms with Crippen molar-refractivity contribution in [3.8, 4) is 0 Å². The molecule has 0 saturated carbocycles. The summed E-state index contributed by atoms with van der Waals surface area (Å²) in [5.74, 6) is 6.04. The van der Waals surface area contributed by atoms with Gasteiger partial charge in [-0.3, -0.25) is 0 Å². The van der Waals surface area contributed by atoms with Crippen LogP contribution in [0.2, 0.25) is 0 Å². The van der Waals surface area contributed by atoms with E-state index in [-0.39, 0.29) is 4.90 Å². The van der Waals surface area contributed by atoms with Crippen LogP contribution in [0.25, 0.3) is 0 Å². The van der Waals surface area contributed by atoms with Gasteiger partial charge in [-0.1, -0.05) is 48.2 Å². The Bertz CT molecular complexity index is 1040. The van der Waals surface area contributed by atoms with Gasteiger partial charge in [-0.05, 0) is 36.4 Å². The summed E-state index contributed by atoms with van der Waals surface area (Å²) in [5, 5.41) is 3.31. The zero-order valence-corrected chi connectivity index (χ0v) is 14.7.